The lowest BCUT2D eigenvalue weighted by atomic mass is 9.94. The fourth-order valence-corrected chi connectivity index (χ4v) is 2.83. The molecule has 1 aromatic rings. The van der Waals surface area contributed by atoms with Crippen molar-refractivity contribution < 1.29 is 19.9 Å². The van der Waals surface area contributed by atoms with E-state index < -0.39 is 24.0 Å². The first kappa shape index (κ1) is 17.4. The molecule has 1 atom stereocenters. The molecule has 1 aliphatic rings. The maximum Gasteiger partial charge on any atom is 0.268 e. The highest BCUT2D eigenvalue weighted by atomic mass is 16.5. The third-order valence-corrected chi connectivity index (χ3v) is 4.69. The summed E-state index contributed by atoms with van der Waals surface area (Å²) in [7, 11) is 1.49. The number of carbonyl (C=O) groups is 2. The molecule has 3 N–H and O–H groups in total. The number of amides is 2. The Labute approximate surface area is 136 Å². The Bertz CT molecular complexity index is 566. The molecule has 1 saturated carbocycles. The standard InChI is InChI=1S/C17H24N2O4/c1-12-3-5-13(6-4-12)7-8-17(9-10-17)16(22)19(2)14(11-20)15(21)18-23/h3-6,14,20,23H,7-11H2,1-2H3,(H,18,21)/t14-/m1/s1. The fraction of sp³-hybridized carbons (Fsp3) is 0.529. The van der Waals surface area contributed by atoms with Gasteiger partial charge >= 0.3 is 0 Å². The number of nitrogens with one attached hydrogen (secondary N) is 1. The number of benzene rings is 1. The van der Waals surface area contributed by atoms with Gasteiger partial charge in [-0.2, -0.15) is 0 Å². The summed E-state index contributed by atoms with van der Waals surface area (Å²) >= 11 is 0. The summed E-state index contributed by atoms with van der Waals surface area (Å²) in [6, 6.07) is 7.17. The lowest BCUT2D eigenvalue weighted by Crippen LogP contribution is -2.51. The van der Waals surface area contributed by atoms with Crippen LogP contribution in [0.25, 0.3) is 0 Å². The van der Waals surface area contributed by atoms with Crippen LogP contribution in [0.2, 0.25) is 0 Å². The van der Waals surface area contributed by atoms with Crippen molar-refractivity contribution in [3.8, 4) is 0 Å². The molecule has 1 fully saturated rings. The SMILES string of the molecule is Cc1ccc(CCC2(C(=O)N(C)[C@H](CO)C(=O)NO)CC2)cc1. The number of rotatable bonds is 7. The normalized spacial score (nSPS) is 16.5. The molecule has 0 heterocycles. The van der Waals surface area contributed by atoms with Gasteiger partial charge in [0.2, 0.25) is 5.91 Å². The average molecular weight is 320 g/mol. The highest BCUT2D eigenvalue weighted by Gasteiger charge is 2.51. The van der Waals surface area contributed by atoms with Crippen LogP contribution in [0.15, 0.2) is 24.3 Å². The Morgan fingerprint density at radius 2 is 1.91 bits per heavy atom. The summed E-state index contributed by atoms with van der Waals surface area (Å²) in [4.78, 5) is 25.5. The van der Waals surface area contributed by atoms with Crippen molar-refractivity contribution in [2.24, 2.45) is 5.41 Å². The summed E-state index contributed by atoms with van der Waals surface area (Å²) in [5.41, 5.74) is 3.44. The van der Waals surface area contributed by atoms with E-state index in [1.165, 1.54) is 28.6 Å². The van der Waals surface area contributed by atoms with Crippen LogP contribution in [0.1, 0.15) is 30.4 Å². The van der Waals surface area contributed by atoms with E-state index in [9.17, 15) is 14.7 Å². The Hall–Kier alpha value is -1.92. The molecule has 0 bridgehead atoms. The van der Waals surface area contributed by atoms with Crippen LogP contribution >= 0.6 is 0 Å². The molecule has 0 saturated heterocycles. The summed E-state index contributed by atoms with van der Waals surface area (Å²) in [5, 5.41) is 18.0. The zero-order valence-corrected chi connectivity index (χ0v) is 13.6. The predicted octanol–water partition coefficient (Wildman–Crippen LogP) is 1.03. The number of nitrogens with zero attached hydrogens (tertiary/aromatic N) is 1. The highest BCUT2D eigenvalue weighted by molar-refractivity contribution is 5.91. The van der Waals surface area contributed by atoms with Gasteiger partial charge < -0.3 is 10.0 Å². The van der Waals surface area contributed by atoms with Crippen LogP contribution in [-0.4, -0.2) is 46.7 Å². The van der Waals surface area contributed by atoms with Gasteiger partial charge in [-0.05, 0) is 38.2 Å². The van der Waals surface area contributed by atoms with E-state index in [1.54, 1.807) is 0 Å². The number of likely N-dealkylation sites (N-methyl/N-ethyl adjacent to an activating group) is 1. The zero-order chi connectivity index (χ0) is 17.0. The van der Waals surface area contributed by atoms with Gasteiger partial charge in [-0.3, -0.25) is 14.8 Å². The smallest absolute Gasteiger partial charge is 0.268 e. The number of aryl methyl sites for hydroxylation is 2. The molecule has 23 heavy (non-hydrogen) atoms. The summed E-state index contributed by atoms with van der Waals surface area (Å²) in [6.45, 7) is 1.51. The average Bonchev–Trinajstić information content (AvgIpc) is 3.35. The molecule has 0 aromatic heterocycles. The second-order valence-corrected chi connectivity index (χ2v) is 6.36. The maximum absolute atomic E-state index is 12.7. The highest BCUT2D eigenvalue weighted by Crippen LogP contribution is 2.51. The number of hydroxylamine groups is 1. The number of hydrogen-bond acceptors (Lipinski definition) is 4. The van der Waals surface area contributed by atoms with Crippen molar-refractivity contribution in [1.82, 2.24) is 10.4 Å². The Morgan fingerprint density at radius 3 is 2.39 bits per heavy atom. The molecular weight excluding hydrogens is 296 g/mol. The van der Waals surface area contributed by atoms with Crippen LogP contribution in [0.3, 0.4) is 0 Å². The quantitative estimate of drug-likeness (QED) is 0.517. The lowest BCUT2D eigenvalue weighted by molar-refractivity contribution is -0.148. The van der Waals surface area contributed by atoms with Gasteiger partial charge in [0.15, 0.2) is 0 Å². The van der Waals surface area contributed by atoms with Crippen molar-refractivity contribution in [2.75, 3.05) is 13.7 Å². The van der Waals surface area contributed by atoms with E-state index in [2.05, 4.69) is 24.3 Å². The van der Waals surface area contributed by atoms with E-state index in [4.69, 9.17) is 5.21 Å². The van der Waals surface area contributed by atoms with E-state index in [0.29, 0.717) is 0 Å². The third kappa shape index (κ3) is 3.89. The third-order valence-electron chi connectivity index (χ3n) is 4.69. The van der Waals surface area contributed by atoms with Gasteiger partial charge in [-0.15, -0.1) is 0 Å². The van der Waals surface area contributed by atoms with Crippen LogP contribution in [0.4, 0.5) is 0 Å². The van der Waals surface area contributed by atoms with E-state index >= 15 is 0 Å². The zero-order valence-electron chi connectivity index (χ0n) is 13.6. The second-order valence-electron chi connectivity index (χ2n) is 6.36. The minimum absolute atomic E-state index is 0.146. The largest absolute Gasteiger partial charge is 0.394 e. The minimum Gasteiger partial charge on any atom is -0.394 e. The van der Waals surface area contributed by atoms with Gasteiger partial charge in [-0.25, -0.2) is 5.48 Å². The van der Waals surface area contributed by atoms with E-state index in [0.717, 1.165) is 25.7 Å². The maximum atomic E-state index is 12.7. The van der Waals surface area contributed by atoms with Gasteiger partial charge in [-0.1, -0.05) is 29.8 Å². The molecule has 0 spiro atoms. The summed E-state index contributed by atoms with van der Waals surface area (Å²) in [5.74, 6) is -0.926. The van der Waals surface area contributed by atoms with Crippen LogP contribution in [0.5, 0.6) is 0 Å². The van der Waals surface area contributed by atoms with Gasteiger partial charge in [0, 0.05) is 12.5 Å². The molecule has 0 unspecified atom stereocenters. The molecule has 6 nitrogen and oxygen atoms in total. The van der Waals surface area contributed by atoms with E-state index in [1.807, 2.05) is 6.92 Å². The molecule has 2 amide bonds. The second kappa shape index (κ2) is 7.10. The Balaban J connectivity index is 2.00. The fourth-order valence-electron chi connectivity index (χ4n) is 2.83. The van der Waals surface area contributed by atoms with Gasteiger partial charge in [0.1, 0.15) is 6.04 Å². The number of carbonyl (C=O) groups excluding carboxylic acids is 2. The van der Waals surface area contributed by atoms with Crippen molar-refractivity contribution in [2.45, 2.75) is 38.6 Å². The Morgan fingerprint density at radius 1 is 1.30 bits per heavy atom. The molecule has 1 aromatic carbocycles. The molecule has 1 aliphatic carbocycles. The summed E-state index contributed by atoms with van der Waals surface area (Å²) < 4.78 is 0. The Kier molecular flexibility index (Phi) is 5.38. The van der Waals surface area contributed by atoms with Crippen LogP contribution < -0.4 is 5.48 Å². The van der Waals surface area contributed by atoms with Crippen molar-refractivity contribution in [1.29, 1.82) is 0 Å². The molecule has 0 radical (unpaired) electrons. The van der Waals surface area contributed by atoms with E-state index in [-0.39, 0.29) is 5.91 Å². The molecular formula is C17H24N2O4. The molecule has 126 valence electrons. The number of aliphatic hydroxyl groups is 1. The first-order valence-corrected chi connectivity index (χ1v) is 7.81. The van der Waals surface area contributed by atoms with Gasteiger partial charge in [0.05, 0.1) is 6.61 Å². The van der Waals surface area contributed by atoms with Crippen LogP contribution in [-0.2, 0) is 16.0 Å². The topological polar surface area (TPSA) is 89.9 Å². The van der Waals surface area contributed by atoms with Gasteiger partial charge in [0.25, 0.3) is 5.91 Å². The van der Waals surface area contributed by atoms with Crippen molar-refractivity contribution in [3.63, 3.8) is 0 Å². The molecule has 2 rings (SSSR count). The minimum atomic E-state index is -1.07. The predicted molar refractivity (Wildman–Crippen MR) is 84.7 cm³/mol. The molecule has 6 heteroatoms. The monoisotopic (exact) mass is 320 g/mol. The number of aliphatic hydroxyl groups excluding tert-OH is 1. The first-order valence-electron chi connectivity index (χ1n) is 7.81. The summed E-state index contributed by atoms with van der Waals surface area (Å²) in [6.07, 6.45) is 3.11. The van der Waals surface area contributed by atoms with Crippen molar-refractivity contribution in [3.05, 3.63) is 35.4 Å². The first-order chi connectivity index (χ1) is 10.9. The lowest BCUT2D eigenvalue weighted by Gasteiger charge is -2.29. The number of hydrogen-bond donors (Lipinski definition) is 3. The van der Waals surface area contributed by atoms with Crippen LogP contribution in [0, 0.1) is 12.3 Å². The van der Waals surface area contributed by atoms with Crippen molar-refractivity contribution >= 4 is 11.8 Å². The molecule has 0 aliphatic heterocycles.